The summed E-state index contributed by atoms with van der Waals surface area (Å²) in [6.45, 7) is -1.51. The van der Waals surface area contributed by atoms with E-state index in [-0.39, 0.29) is 60.9 Å². The van der Waals surface area contributed by atoms with Crippen molar-refractivity contribution in [3.63, 3.8) is 0 Å². The monoisotopic (exact) mass is 555 g/mol. The molecule has 2 aliphatic heterocycles. The number of hydrogen-bond acceptors (Lipinski definition) is 1. The minimum absolute atomic E-state index is 0.0142. The van der Waals surface area contributed by atoms with E-state index >= 15 is 0 Å². The molecule has 2 aromatic heterocycles. The Kier molecular flexibility index (Phi) is 1.94. The molecule has 0 amide bonds. The van der Waals surface area contributed by atoms with Gasteiger partial charge in [0.05, 0.1) is 46.7 Å². The van der Waals surface area contributed by atoms with E-state index in [9.17, 15) is 8.22 Å². The fourth-order valence-electron chi connectivity index (χ4n) is 6.35. The van der Waals surface area contributed by atoms with E-state index < -0.39 is 157 Å². The van der Waals surface area contributed by atoms with Gasteiger partial charge < -0.3 is 4.90 Å². The third-order valence-electron chi connectivity index (χ3n) is 7.82. The molecule has 8 aromatic rings. The van der Waals surface area contributed by atoms with Crippen molar-refractivity contribution in [3.8, 4) is 16.8 Å². The topological polar surface area (TPSA) is 12.6 Å². The summed E-state index contributed by atoms with van der Waals surface area (Å²) in [5.74, 6) is 0. The van der Waals surface area contributed by atoms with Crippen LogP contribution >= 0.6 is 0 Å². The number of para-hydroxylation sites is 5. The Hall–Kier alpha value is -5.48. The minimum atomic E-state index is -1.51. The zero-order valence-corrected chi connectivity index (χ0v) is 21.1. The molecule has 0 atom stereocenters. The van der Waals surface area contributed by atoms with Crippen LogP contribution in [0.3, 0.4) is 0 Å². The lowest BCUT2D eigenvalue weighted by Gasteiger charge is -2.40. The van der Waals surface area contributed by atoms with E-state index in [1.807, 2.05) is 0 Å². The normalized spacial score (nSPS) is 20.5. The second-order valence-corrected chi connectivity index (χ2v) is 9.76. The fourth-order valence-corrected chi connectivity index (χ4v) is 6.35. The van der Waals surface area contributed by atoms with Gasteiger partial charge in [0.1, 0.15) is 5.65 Å². The van der Waals surface area contributed by atoms with Gasteiger partial charge in [0.15, 0.2) is 0 Å². The molecule has 42 heavy (non-hydrogen) atoms. The summed E-state index contributed by atoms with van der Waals surface area (Å²) < 4.78 is 199. The first-order valence-electron chi connectivity index (χ1n) is 23.8. The first-order chi connectivity index (χ1) is 30.0. The summed E-state index contributed by atoms with van der Waals surface area (Å²) >= 11 is 0. The van der Waals surface area contributed by atoms with Crippen molar-refractivity contribution in [3.05, 3.63) is 145 Å². The molecular formula is C38H24BN3. The lowest BCUT2D eigenvalue weighted by molar-refractivity contribution is 1.15. The highest BCUT2D eigenvalue weighted by Crippen LogP contribution is 2.43. The van der Waals surface area contributed by atoms with Crippen LogP contribution in [-0.2, 0) is 0 Å². The molecule has 2 aliphatic rings. The van der Waals surface area contributed by atoms with E-state index in [1.165, 1.54) is 21.1 Å². The number of benzene rings is 6. The highest BCUT2D eigenvalue weighted by Gasteiger charge is 2.44. The van der Waals surface area contributed by atoms with Crippen molar-refractivity contribution >= 4 is 67.7 Å². The predicted molar refractivity (Wildman–Crippen MR) is 177 cm³/mol. The minimum Gasteiger partial charge on any atom is -0.311 e. The molecule has 194 valence electrons. The highest BCUT2D eigenvalue weighted by atomic mass is 15.2. The highest BCUT2D eigenvalue weighted by molar-refractivity contribution is 7.01. The van der Waals surface area contributed by atoms with Crippen LogP contribution < -0.4 is 21.3 Å². The van der Waals surface area contributed by atoms with E-state index in [4.69, 9.17) is 21.9 Å². The van der Waals surface area contributed by atoms with Gasteiger partial charge in [-0.25, -0.2) is 0 Å². The zero-order chi connectivity index (χ0) is 46.5. The number of nitrogens with zero attached hydrogens (tertiary/aromatic N) is 3. The average Bonchev–Trinajstić information content (AvgIpc) is 3.81. The van der Waals surface area contributed by atoms with Crippen LogP contribution in [0.4, 0.5) is 17.1 Å². The molecule has 4 heterocycles. The molecule has 4 heteroatoms. The van der Waals surface area contributed by atoms with Crippen LogP contribution in [-0.4, -0.2) is 15.7 Å². The van der Waals surface area contributed by atoms with Gasteiger partial charge >= 0.3 is 0 Å². The number of rotatable bonds is 2. The van der Waals surface area contributed by atoms with Crippen LogP contribution in [0.2, 0.25) is 0 Å². The number of fused-ring (bicyclic) bond motifs is 10. The molecule has 10 rings (SSSR count). The van der Waals surface area contributed by atoms with Gasteiger partial charge in [-0.05, 0) is 81.3 Å². The maximum absolute atomic E-state index is 9.50. The van der Waals surface area contributed by atoms with Gasteiger partial charge in [0.25, 0.3) is 6.71 Å². The Morgan fingerprint density at radius 2 is 1.14 bits per heavy atom. The van der Waals surface area contributed by atoms with Crippen LogP contribution in [0, 0.1) is 0 Å². The Balaban J connectivity index is 1.58. The molecular weight excluding hydrogens is 509 g/mol. The Morgan fingerprint density at radius 1 is 0.500 bits per heavy atom. The lowest BCUT2D eigenvalue weighted by atomic mass is 9.34. The van der Waals surface area contributed by atoms with Crippen molar-refractivity contribution in [2.75, 3.05) is 4.90 Å². The summed E-state index contributed by atoms with van der Waals surface area (Å²) in [7, 11) is 0. The third-order valence-corrected chi connectivity index (χ3v) is 7.82. The third kappa shape index (κ3) is 2.72. The summed E-state index contributed by atoms with van der Waals surface area (Å²) in [4.78, 5) is 1.01. The second kappa shape index (κ2) is 8.05. The smallest absolute Gasteiger partial charge is 0.255 e. The molecule has 0 saturated heterocycles. The molecule has 6 aromatic carbocycles. The van der Waals surface area contributed by atoms with Crippen molar-refractivity contribution in [1.82, 2.24) is 8.97 Å². The van der Waals surface area contributed by atoms with E-state index in [1.54, 1.807) is 0 Å². The Morgan fingerprint density at radius 3 is 1.98 bits per heavy atom. The van der Waals surface area contributed by atoms with Gasteiger partial charge in [-0.2, -0.15) is 0 Å². The van der Waals surface area contributed by atoms with Gasteiger partial charge in [-0.3, -0.25) is 8.97 Å². The quantitative estimate of drug-likeness (QED) is 0.204. The van der Waals surface area contributed by atoms with Crippen LogP contribution in [0.1, 0.15) is 30.2 Å². The fraction of sp³-hybridized carbons (Fsp3) is 0. The maximum Gasteiger partial charge on any atom is 0.255 e. The average molecular weight is 556 g/mol. The molecule has 3 nitrogen and oxygen atoms in total. The first kappa shape index (κ1) is 10.1. The van der Waals surface area contributed by atoms with Gasteiger partial charge in [0.2, 0.25) is 0 Å². The van der Waals surface area contributed by atoms with Crippen LogP contribution in [0.25, 0.3) is 44.4 Å². The summed E-state index contributed by atoms with van der Waals surface area (Å²) in [6.07, 6.45) is 0. The largest absolute Gasteiger partial charge is 0.311 e. The standard InChI is InChI=1S/C38H24BN3/c1-3-13-25(14-4-1)26-23-34-37-35(24-26)42-33-22-12-11-21-32(33)41-30-19-9-7-17-28(30)36(38(41)42)39(37)29-18-8-10-20-31(29)40(34)27-15-5-2-6-16-27/h1-24H/i1D,2D,3D,4D,5D,6D,7D,8D,9D,10D,11D,12D,13D,14D,15D,16D,17D,18D,19D,20D,21D,22D. The second-order valence-electron chi connectivity index (χ2n) is 9.76. The predicted octanol–water partition coefficient (Wildman–Crippen LogP) is 7.32. The van der Waals surface area contributed by atoms with Crippen molar-refractivity contribution in [2.45, 2.75) is 0 Å². The number of anilines is 3. The van der Waals surface area contributed by atoms with E-state index in [2.05, 4.69) is 0 Å². The van der Waals surface area contributed by atoms with Gasteiger partial charge in [-0.15, -0.1) is 0 Å². The summed E-state index contributed by atoms with van der Waals surface area (Å²) in [5, 5.41) is -0.185. The molecule has 0 radical (unpaired) electrons. The molecule has 0 N–H and O–H groups in total. The van der Waals surface area contributed by atoms with Crippen LogP contribution in [0.15, 0.2) is 145 Å². The maximum atomic E-state index is 9.50. The number of aromatic nitrogens is 2. The van der Waals surface area contributed by atoms with E-state index in [0.717, 1.165) is 4.90 Å². The molecule has 0 unspecified atom stereocenters. The molecule has 0 saturated carbocycles. The lowest BCUT2D eigenvalue weighted by Crippen LogP contribution is -2.60. The summed E-state index contributed by atoms with van der Waals surface area (Å²) in [5.41, 5.74) is -3.11. The van der Waals surface area contributed by atoms with Crippen molar-refractivity contribution < 1.29 is 30.2 Å². The molecule has 0 aliphatic carbocycles. The summed E-state index contributed by atoms with van der Waals surface area (Å²) in [6, 6.07) is -13.4. The molecule has 0 spiro atoms. The molecule has 0 fully saturated rings. The number of imidazole rings is 1. The van der Waals surface area contributed by atoms with Crippen molar-refractivity contribution in [1.29, 1.82) is 0 Å². The van der Waals surface area contributed by atoms with Gasteiger partial charge in [-0.1, -0.05) is 96.7 Å². The molecule has 0 bridgehead atoms. The Labute approximate surface area is 274 Å². The van der Waals surface area contributed by atoms with Crippen molar-refractivity contribution in [2.24, 2.45) is 0 Å². The first-order valence-corrected chi connectivity index (χ1v) is 12.8. The Bertz CT molecular complexity index is 3560. The number of hydrogen-bond donors (Lipinski definition) is 0. The zero-order valence-electron chi connectivity index (χ0n) is 43.1. The van der Waals surface area contributed by atoms with E-state index in [0.29, 0.717) is 0 Å². The van der Waals surface area contributed by atoms with Crippen LogP contribution in [0.5, 0.6) is 0 Å². The van der Waals surface area contributed by atoms with Gasteiger partial charge in [0, 0.05) is 22.7 Å². The SMILES string of the molecule is [2H]c1c([2H])c([2H])c(-c2cc3c4c(c2)-n2c5c([2H])c([2H])c([2H])c([2H])c5n5c6c([2H])c([2H])c([2H])c([2H])c6c(c25)B4c2c([2H])c([2H])c([2H])c([2H])c2N3c2c([2H])c([2H])c([2H])c([2H])c2[2H])c([2H])c1[2H].